The Morgan fingerprint density at radius 3 is 2.47 bits per heavy atom. The van der Waals surface area contributed by atoms with Crippen molar-refractivity contribution in [2.45, 2.75) is 39.5 Å². The minimum Gasteiger partial charge on any atom is -0.479 e. The molecule has 3 rings (SSSR count). The van der Waals surface area contributed by atoms with Gasteiger partial charge in [-0.05, 0) is 51.1 Å². The highest BCUT2D eigenvalue weighted by Crippen LogP contribution is 2.29. The molecule has 30 heavy (non-hydrogen) atoms. The first-order valence-corrected chi connectivity index (χ1v) is 10.4. The molecule has 1 aromatic heterocycles. The van der Waals surface area contributed by atoms with Gasteiger partial charge in [0, 0.05) is 11.1 Å². The van der Waals surface area contributed by atoms with Gasteiger partial charge in [0.15, 0.2) is 6.10 Å². The summed E-state index contributed by atoms with van der Waals surface area (Å²) in [5.74, 6) is 0.727. The number of carbonyl (C=O) groups excluding carboxylic acids is 1. The summed E-state index contributed by atoms with van der Waals surface area (Å²) in [5.41, 5.74) is 0.634. The van der Waals surface area contributed by atoms with Gasteiger partial charge >= 0.3 is 0 Å². The molecule has 0 N–H and O–H groups in total. The van der Waals surface area contributed by atoms with Gasteiger partial charge in [0.2, 0.25) is 11.8 Å². The van der Waals surface area contributed by atoms with Crippen molar-refractivity contribution in [1.29, 1.82) is 0 Å². The summed E-state index contributed by atoms with van der Waals surface area (Å²) in [7, 11) is 0. The molecule has 1 unspecified atom stereocenters. The molecule has 0 bridgehead atoms. The van der Waals surface area contributed by atoms with Crippen LogP contribution in [-0.2, 0) is 11.3 Å². The Kier molecular flexibility index (Phi) is 7.23. The molecule has 0 saturated heterocycles. The quantitative estimate of drug-likeness (QED) is 0.432. The fourth-order valence-corrected chi connectivity index (χ4v) is 3.44. The molecule has 0 spiro atoms. The van der Waals surface area contributed by atoms with Crippen LogP contribution in [-0.4, -0.2) is 33.2 Å². The lowest BCUT2D eigenvalue weighted by molar-refractivity contribution is -0.140. The van der Waals surface area contributed by atoms with E-state index in [1.807, 2.05) is 26.0 Å². The summed E-state index contributed by atoms with van der Waals surface area (Å²) in [6, 6.07) is 11.9. The third-order valence-corrected chi connectivity index (χ3v) is 5.19. The van der Waals surface area contributed by atoms with Crippen LogP contribution in [0.4, 0.5) is 0 Å². The van der Waals surface area contributed by atoms with Gasteiger partial charge in [-0.2, -0.15) is 0 Å². The van der Waals surface area contributed by atoms with Gasteiger partial charge in [0.05, 0.1) is 22.2 Å². The van der Waals surface area contributed by atoms with E-state index in [1.165, 1.54) is 0 Å². The molecule has 0 aliphatic rings. The number of hydrogen-bond acceptors (Lipinski definition) is 5. The van der Waals surface area contributed by atoms with Crippen LogP contribution in [0.2, 0.25) is 15.1 Å². The molecule has 0 radical (unpaired) electrons. The Hall–Kier alpha value is -2.28. The second kappa shape index (κ2) is 9.69. The number of nitrogens with zero attached hydrogens (tertiary/aromatic N) is 3. The smallest absolute Gasteiger partial charge is 0.264 e. The third kappa shape index (κ3) is 5.25. The normalized spacial score (nSPS) is 12.1. The van der Waals surface area contributed by atoms with Crippen molar-refractivity contribution < 1.29 is 13.9 Å². The predicted octanol–water partition coefficient (Wildman–Crippen LogP) is 5.90. The summed E-state index contributed by atoms with van der Waals surface area (Å²) in [4.78, 5) is 14.6. The van der Waals surface area contributed by atoms with E-state index < -0.39 is 6.10 Å². The molecule has 3 aromatic rings. The van der Waals surface area contributed by atoms with Crippen LogP contribution in [0.1, 0.15) is 26.7 Å². The van der Waals surface area contributed by atoms with Crippen molar-refractivity contribution >= 4 is 40.7 Å². The highest BCUT2D eigenvalue weighted by Gasteiger charge is 2.27. The Bertz CT molecular complexity index is 1040. The fraction of sp³-hybridized carbons (Fsp3) is 0.286. The van der Waals surface area contributed by atoms with E-state index in [1.54, 1.807) is 42.2 Å². The molecule has 6 nitrogen and oxygen atoms in total. The van der Waals surface area contributed by atoms with E-state index in [0.29, 0.717) is 38.2 Å². The second-order valence-corrected chi connectivity index (χ2v) is 8.13. The molecule has 0 aliphatic heterocycles. The Morgan fingerprint density at radius 2 is 1.80 bits per heavy atom. The molecule has 158 valence electrons. The number of hydrogen-bond donors (Lipinski definition) is 0. The zero-order valence-corrected chi connectivity index (χ0v) is 18.9. The molecule has 0 saturated carbocycles. The first kappa shape index (κ1) is 22.4. The van der Waals surface area contributed by atoms with Crippen LogP contribution in [0.5, 0.6) is 5.75 Å². The SMILES string of the molecule is CC(Oc1ccc(Cl)cc1Cl)C(=O)N(Cc1nnc(-c2ccccc2Cl)o1)C(C)C. The molecule has 1 amide bonds. The van der Waals surface area contributed by atoms with Crippen LogP contribution in [0, 0.1) is 0 Å². The molecule has 1 heterocycles. The molecule has 9 heteroatoms. The number of ether oxygens (including phenoxy) is 1. The van der Waals surface area contributed by atoms with Gasteiger partial charge < -0.3 is 14.1 Å². The summed E-state index contributed by atoms with van der Waals surface area (Å²) < 4.78 is 11.5. The number of amides is 1. The lowest BCUT2D eigenvalue weighted by Crippen LogP contribution is -2.44. The second-order valence-electron chi connectivity index (χ2n) is 6.88. The summed E-state index contributed by atoms with van der Waals surface area (Å²) in [6.07, 6.45) is -0.781. The van der Waals surface area contributed by atoms with Crippen LogP contribution < -0.4 is 4.74 Å². The van der Waals surface area contributed by atoms with Crippen molar-refractivity contribution in [3.63, 3.8) is 0 Å². The lowest BCUT2D eigenvalue weighted by atomic mass is 10.2. The molecule has 0 aliphatic carbocycles. The molecule has 0 fully saturated rings. The number of benzene rings is 2. The first-order valence-electron chi connectivity index (χ1n) is 9.25. The van der Waals surface area contributed by atoms with Gasteiger partial charge in [0.25, 0.3) is 5.91 Å². The number of carbonyl (C=O) groups is 1. The van der Waals surface area contributed by atoms with Crippen LogP contribution in [0.15, 0.2) is 46.9 Å². The largest absolute Gasteiger partial charge is 0.479 e. The average molecular weight is 469 g/mol. The van der Waals surface area contributed by atoms with E-state index in [2.05, 4.69) is 10.2 Å². The highest BCUT2D eigenvalue weighted by atomic mass is 35.5. The van der Waals surface area contributed by atoms with Crippen molar-refractivity contribution in [3.8, 4) is 17.2 Å². The monoisotopic (exact) mass is 467 g/mol. The Labute approximate surface area is 189 Å². The zero-order valence-electron chi connectivity index (χ0n) is 16.6. The number of halogens is 3. The zero-order chi connectivity index (χ0) is 21.8. The Morgan fingerprint density at radius 1 is 1.07 bits per heavy atom. The van der Waals surface area contributed by atoms with E-state index in [-0.39, 0.29) is 18.5 Å². The van der Waals surface area contributed by atoms with E-state index in [4.69, 9.17) is 44.0 Å². The van der Waals surface area contributed by atoms with E-state index in [9.17, 15) is 4.79 Å². The number of aromatic nitrogens is 2. The minimum atomic E-state index is -0.781. The average Bonchev–Trinajstić information content (AvgIpc) is 3.16. The topological polar surface area (TPSA) is 68.5 Å². The van der Waals surface area contributed by atoms with Gasteiger partial charge in [-0.3, -0.25) is 4.79 Å². The maximum absolute atomic E-state index is 13.0. The maximum atomic E-state index is 13.0. The van der Waals surface area contributed by atoms with Crippen LogP contribution in [0.3, 0.4) is 0 Å². The predicted molar refractivity (Wildman–Crippen MR) is 117 cm³/mol. The van der Waals surface area contributed by atoms with Gasteiger partial charge in [0.1, 0.15) is 5.75 Å². The maximum Gasteiger partial charge on any atom is 0.264 e. The molecule has 2 aromatic carbocycles. The van der Waals surface area contributed by atoms with Crippen molar-refractivity contribution in [1.82, 2.24) is 15.1 Å². The van der Waals surface area contributed by atoms with Crippen molar-refractivity contribution in [3.05, 3.63) is 63.4 Å². The van der Waals surface area contributed by atoms with Crippen molar-refractivity contribution in [2.75, 3.05) is 0 Å². The first-order chi connectivity index (χ1) is 14.3. The highest BCUT2D eigenvalue weighted by molar-refractivity contribution is 6.35. The van der Waals surface area contributed by atoms with Crippen LogP contribution >= 0.6 is 34.8 Å². The standard InChI is InChI=1S/C21H20Cl3N3O3/c1-12(2)27(21(28)13(3)29-18-9-8-14(22)10-17(18)24)11-19-25-26-20(30-19)15-6-4-5-7-16(15)23/h4-10,12-13H,11H2,1-3H3. The van der Waals surface area contributed by atoms with Crippen molar-refractivity contribution in [2.24, 2.45) is 0 Å². The molecular weight excluding hydrogens is 449 g/mol. The van der Waals surface area contributed by atoms with Gasteiger partial charge in [-0.1, -0.05) is 46.9 Å². The number of rotatable bonds is 7. The summed E-state index contributed by atoms with van der Waals surface area (Å²) in [6.45, 7) is 5.58. The van der Waals surface area contributed by atoms with E-state index in [0.717, 1.165) is 0 Å². The van der Waals surface area contributed by atoms with Gasteiger partial charge in [-0.25, -0.2) is 0 Å². The minimum absolute atomic E-state index is 0.125. The third-order valence-electron chi connectivity index (χ3n) is 4.33. The Balaban J connectivity index is 1.74. The van der Waals surface area contributed by atoms with Gasteiger partial charge in [-0.15, -0.1) is 10.2 Å². The van der Waals surface area contributed by atoms with E-state index >= 15 is 0 Å². The fourth-order valence-electron chi connectivity index (χ4n) is 2.77. The summed E-state index contributed by atoms with van der Waals surface area (Å²) >= 11 is 18.2. The summed E-state index contributed by atoms with van der Waals surface area (Å²) in [5, 5.41) is 9.44. The van der Waals surface area contributed by atoms with Crippen LogP contribution in [0.25, 0.3) is 11.5 Å². The molecule has 1 atom stereocenters. The molecular formula is C21H20Cl3N3O3. The lowest BCUT2D eigenvalue weighted by Gasteiger charge is -2.28.